The molecule has 4 rings (SSSR count). The normalized spacial score (nSPS) is 11.2. The Morgan fingerprint density at radius 1 is 0.944 bits per heavy atom. The van der Waals surface area contributed by atoms with Crippen molar-refractivity contribution >= 4 is 28.9 Å². The minimum atomic E-state index is -4.75. The maximum Gasteiger partial charge on any atom is 0.419 e. The summed E-state index contributed by atoms with van der Waals surface area (Å²) < 4.78 is 54.9. The van der Waals surface area contributed by atoms with Crippen molar-refractivity contribution in [1.29, 1.82) is 0 Å². The highest BCUT2D eigenvalue weighted by Gasteiger charge is 2.34. The number of nitrogens with zero attached hydrogens (tertiary/aromatic N) is 4. The van der Waals surface area contributed by atoms with Crippen LogP contribution in [0.3, 0.4) is 0 Å². The van der Waals surface area contributed by atoms with Crippen LogP contribution in [0.25, 0.3) is 11.3 Å². The molecule has 0 aliphatic carbocycles. The van der Waals surface area contributed by atoms with E-state index in [1.165, 1.54) is 13.1 Å². The number of benzene rings is 1. The number of amides is 1. The van der Waals surface area contributed by atoms with Crippen LogP contribution >= 0.6 is 0 Å². The Bertz CT molecular complexity index is 1410. The van der Waals surface area contributed by atoms with Gasteiger partial charge in [0.2, 0.25) is 0 Å². The molecule has 0 saturated carbocycles. The van der Waals surface area contributed by atoms with Gasteiger partial charge >= 0.3 is 6.18 Å². The Hall–Kier alpha value is -4.61. The first kappa shape index (κ1) is 24.5. The number of rotatable bonds is 6. The summed E-state index contributed by atoms with van der Waals surface area (Å²) in [6.07, 6.45) is -0.853. The molecule has 0 radical (unpaired) electrons. The van der Waals surface area contributed by atoms with Gasteiger partial charge in [-0.25, -0.2) is 19.3 Å². The number of halogens is 4. The van der Waals surface area contributed by atoms with E-state index in [4.69, 9.17) is 0 Å². The topological polar surface area (TPSA) is 105 Å². The molecule has 12 heteroatoms. The first-order chi connectivity index (χ1) is 17.1. The smallest absolute Gasteiger partial charge is 0.355 e. The quantitative estimate of drug-likeness (QED) is 0.313. The number of carbonyl (C=O) groups is 1. The first-order valence-electron chi connectivity index (χ1n) is 10.5. The summed E-state index contributed by atoms with van der Waals surface area (Å²) in [6, 6.07) is 9.44. The molecule has 0 aliphatic rings. The molecule has 0 unspecified atom stereocenters. The molecule has 4 aromatic rings. The third kappa shape index (κ3) is 5.54. The average molecular weight is 497 g/mol. The maximum absolute atomic E-state index is 13.7. The molecule has 3 aromatic heterocycles. The lowest BCUT2D eigenvalue weighted by atomic mass is 10.1. The molecule has 8 nitrogen and oxygen atoms in total. The Morgan fingerprint density at radius 3 is 2.44 bits per heavy atom. The predicted octanol–water partition coefficient (Wildman–Crippen LogP) is 5.25. The Morgan fingerprint density at radius 2 is 1.75 bits per heavy atom. The van der Waals surface area contributed by atoms with E-state index in [-0.39, 0.29) is 17.1 Å². The van der Waals surface area contributed by atoms with E-state index < -0.39 is 29.2 Å². The van der Waals surface area contributed by atoms with Gasteiger partial charge < -0.3 is 16.0 Å². The molecular formula is C24H19F4N7O. The molecule has 0 saturated heterocycles. The highest BCUT2D eigenvalue weighted by molar-refractivity contribution is 6.00. The van der Waals surface area contributed by atoms with E-state index >= 15 is 0 Å². The van der Waals surface area contributed by atoms with Gasteiger partial charge in [0.25, 0.3) is 5.91 Å². The van der Waals surface area contributed by atoms with E-state index in [0.717, 1.165) is 23.8 Å². The standard InChI is InChI=1S/C24H19F4N7O/c1-13-32-19(14-4-3-7-30-11-14)9-22(33-13)35-21-10-20(17(12-31-21)24(26,27)28)34-18-6-5-15(25)8-16(18)23(36)29-2/h3-12H,1-2H3,(H,29,36)(H2,31,32,33,34,35). The lowest BCUT2D eigenvalue weighted by Gasteiger charge is -2.17. The molecule has 184 valence electrons. The average Bonchev–Trinajstić information content (AvgIpc) is 2.84. The van der Waals surface area contributed by atoms with Gasteiger partial charge in [-0.15, -0.1) is 0 Å². The number of anilines is 4. The van der Waals surface area contributed by atoms with Gasteiger partial charge in [-0.1, -0.05) is 0 Å². The highest BCUT2D eigenvalue weighted by atomic mass is 19.4. The summed E-state index contributed by atoms with van der Waals surface area (Å²) in [5, 5.41) is 7.82. The summed E-state index contributed by atoms with van der Waals surface area (Å²) in [6.45, 7) is 1.67. The molecule has 0 atom stereocenters. The first-order valence-corrected chi connectivity index (χ1v) is 10.5. The van der Waals surface area contributed by atoms with Crippen LogP contribution in [-0.4, -0.2) is 32.9 Å². The molecule has 1 amide bonds. The summed E-state index contributed by atoms with van der Waals surface area (Å²) in [4.78, 5) is 28.7. The Kier molecular flexibility index (Phi) is 6.77. The van der Waals surface area contributed by atoms with Gasteiger partial charge in [0.05, 0.1) is 28.2 Å². The Balaban J connectivity index is 1.72. The van der Waals surface area contributed by atoms with Gasteiger partial charge in [-0.3, -0.25) is 9.78 Å². The minimum absolute atomic E-state index is 0.0184. The zero-order valence-electron chi connectivity index (χ0n) is 19.0. The third-order valence-corrected chi connectivity index (χ3v) is 4.98. The van der Waals surface area contributed by atoms with E-state index in [9.17, 15) is 22.4 Å². The number of pyridine rings is 2. The SMILES string of the molecule is CNC(=O)c1cc(F)ccc1Nc1cc(Nc2cc(-c3cccnc3)nc(C)n2)ncc1C(F)(F)F. The number of hydrogen-bond acceptors (Lipinski definition) is 7. The molecule has 36 heavy (non-hydrogen) atoms. The van der Waals surface area contributed by atoms with Crippen LogP contribution in [0.2, 0.25) is 0 Å². The fourth-order valence-electron chi connectivity index (χ4n) is 3.37. The highest BCUT2D eigenvalue weighted by Crippen LogP contribution is 2.37. The minimum Gasteiger partial charge on any atom is -0.355 e. The lowest BCUT2D eigenvalue weighted by Crippen LogP contribution is -2.20. The zero-order chi connectivity index (χ0) is 25.9. The van der Waals surface area contributed by atoms with Gasteiger partial charge in [0.15, 0.2) is 0 Å². The lowest BCUT2D eigenvalue weighted by molar-refractivity contribution is -0.137. The van der Waals surface area contributed by atoms with Crippen LogP contribution in [0.1, 0.15) is 21.7 Å². The van der Waals surface area contributed by atoms with Crippen LogP contribution in [0.5, 0.6) is 0 Å². The van der Waals surface area contributed by atoms with Crippen molar-refractivity contribution in [3.63, 3.8) is 0 Å². The van der Waals surface area contributed by atoms with Crippen LogP contribution in [0.15, 0.2) is 61.1 Å². The van der Waals surface area contributed by atoms with Gasteiger partial charge in [-0.05, 0) is 37.3 Å². The van der Waals surface area contributed by atoms with Gasteiger partial charge in [0.1, 0.15) is 23.3 Å². The number of alkyl halides is 3. The second-order valence-corrected chi connectivity index (χ2v) is 7.56. The summed E-state index contributed by atoms with van der Waals surface area (Å²) in [7, 11) is 1.33. The third-order valence-electron chi connectivity index (χ3n) is 4.98. The van der Waals surface area contributed by atoms with Crippen LogP contribution < -0.4 is 16.0 Å². The van der Waals surface area contributed by atoms with Crippen molar-refractivity contribution in [2.24, 2.45) is 0 Å². The summed E-state index contributed by atoms with van der Waals surface area (Å²) in [5.41, 5.74) is -0.360. The Labute approximate surface area is 202 Å². The maximum atomic E-state index is 13.7. The molecule has 3 N–H and O–H groups in total. The van der Waals surface area contributed by atoms with Crippen LogP contribution in [0, 0.1) is 12.7 Å². The monoisotopic (exact) mass is 497 g/mol. The van der Waals surface area contributed by atoms with Crippen molar-refractivity contribution in [1.82, 2.24) is 25.3 Å². The number of aromatic nitrogens is 4. The van der Waals surface area contributed by atoms with Gasteiger partial charge in [0, 0.05) is 43.3 Å². The van der Waals surface area contributed by atoms with Crippen molar-refractivity contribution < 1.29 is 22.4 Å². The summed E-state index contributed by atoms with van der Waals surface area (Å²) in [5.74, 6) is -0.615. The zero-order valence-corrected chi connectivity index (χ0v) is 19.0. The predicted molar refractivity (Wildman–Crippen MR) is 126 cm³/mol. The van der Waals surface area contributed by atoms with Crippen LogP contribution in [-0.2, 0) is 6.18 Å². The van der Waals surface area contributed by atoms with Gasteiger partial charge in [-0.2, -0.15) is 13.2 Å². The molecular weight excluding hydrogens is 478 g/mol. The van der Waals surface area contributed by atoms with E-state index in [1.54, 1.807) is 31.5 Å². The fourth-order valence-corrected chi connectivity index (χ4v) is 3.37. The number of aryl methyl sites for hydroxylation is 1. The molecule has 1 aromatic carbocycles. The largest absolute Gasteiger partial charge is 0.419 e. The molecule has 0 bridgehead atoms. The number of hydrogen-bond donors (Lipinski definition) is 3. The van der Waals surface area contributed by atoms with E-state index in [1.807, 2.05) is 6.07 Å². The molecule has 3 heterocycles. The molecule has 0 fully saturated rings. The van der Waals surface area contributed by atoms with Crippen molar-refractivity contribution in [3.8, 4) is 11.3 Å². The van der Waals surface area contributed by atoms with Crippen molar-refractivity contribution in [2.75, 3.05) is 17.7 Å². The fraction of sp³-hybridized carbons (Fsp3) is 0.125. The number of nitrogens with one attached hydrogen (secondary N) is 3. The van der Waals surface area contributed by atoms with E-state index in [2.05, 4.69) is 35.9 Å². The van der Waals surface area contributed by atoms with Crippen molar-refractivity contribution in [3.05, 3.63) is 83.8 Å². The number of carbonyl (C=O) groups excluding carboxylic acids is 1. The molecule has 0 spiro atoms. The van der Waals surface area contributed by atoms with Crippen LogP contribution in [0.4, 0.5) is 40.6 Å². The van der Waals surface area contributed by atoms with Crippen molar-refractivity contribution in [2.45, 2.75) is 13.1 Å². The second kappa shape index (κ2) is 9.94. The second-order valence-electron chi connectivity index (χ2n) is 7.56. The molecule has 0 aliphatic heterocycles. The van der Waals surface area contributed by atoms with E-state index in [0.29, 0.717) is 23.5 Å². The summed E-state index contributed by atoms with van der Waals surface area (Å²) >= 11 is 0.